The quantitative estimate of drug-likeness (QED) is 0.457. The molecular formula is C22H31F3N2O4. The molecule has 1 saturated heterocycles. The molecule has 0 radical (unpaired) electrons. The number of aliphatic hydroxyl groups is 1. The Hall–Kier alpha value is -2.29. The third-order valence-electron chi connectivity index (χ3n) is 5.85. The molecule has 6 nitrogen and oxygen atoms in total. The number of urea groups is 1. The van der Waals surface area contributed by atoms with Gasteiger partial charge in [0.2, 0.25) is 0 Å². The van der Waals surface area contributed by atoms with Gasteiger partial charge in [-0.1, -0.05) is 19.4 Å². The van der Waals surface area contributed by atoms with Crippen molar-refractivity contribution in [3.8, 4) is 5.75 Å². The SMILES string of the molecule is CCCc1cc(C(C)(O)C(F)(F)F)ccc1OCCCCN1C(=O)N(C)C(C)(C)C1=O. The standard InChI is InChI=1S/C22H31F3N2O4/c1-6-9-15-14-16(21(4,30)22(23,24)25)10-11-17(15)31-13-8-7-12-27-18(28)20(2,3)26(5)19(27)29/h10-11,14,30H,6-9,12-13H2,1-5H3. The Balaban J connectivity index is 1.97. The number of hydrogen-bond donors (Lipinski definition) is 1. The van der Waals surface area contributed by atoms with Crippen molar-refractivity contribution in [1.82, 2.24) is 9.80 Å². The summed E-state index contributed by atoms with van der Waals surface area (Å²) in [4.78, 5) is 27.2. The van der Waals surface area contributed by atoms with Crippen LogP contribution in [0.15, 0.2) is 18.2 Å². The fourth-order valence-corrected chi connectivity index (χ4v) is 3.38. The van der Waals surface area contributed by atoms with Crippen LogP contribution in [0.4, 0.5) is 18.0 Å². The summed E-state index contributed by atoms with van der Waals surface area (Å²) in [5.74, 6) is 0.233. The fraction of sp³-hybridized carbons (Fsp3) is 0.636. The third kappa shape index (κ3) is 4.97. The summed E-state index contributed by atoms with van der Waals surface area (Å²) in [6, 6.07) is 3.69. The maximum Gasteiger partial charge on any atom is 0.421 e. The normalized spacial score (nSPS) is 18.5. The molecule has 2 rings (SSSR count). The molecule has 1 atom stereocenters. The van der Waals surface area contributed by atoms with Gasteiger partial charge in [-0.15, -0.1) is 0 Å². The summed E-state index contributed by atoms with van der Waals surface area (Å²) in [5.41, 5.74) is -3.43. The van der Waals surface area contributed by atoms with E-state index in [9.17, 15) is 27.9 Å². The highest BCUT2D eigenvalue weighted by Crippen LogP contribution is 2.40. The van der Waals surface area contributed by atoms with Gasteiger partial charge in [-0.2, -0.15) is 13.2 Å². The van der Waals surface area contributed by atoms with Crippen molar-refractivity contribution in [2.45, 2.75) is 70.7 Å². The summed E-state index contributed by atoms with van der Waals surface area (Å²) in [5, 5.41) is 9.93. The van der Waals surface area contributed by atoms with E-state index < -0.39 is 17.3 Å². The predicted octanol–water partition coefficient (Wildman–Crippen LogP) is 4.24. The van der Waals surface area contributed by atoms with Crippen LogP contribution in [0.5, 0.6) is 5.75 Å². The minimum absolute atomic E-state index is 0.228. The van der Waals surface area contributed by atoms with Crippen molar-refractivity contribution in [2.75, 3.05) is 20.2 Å². The number of hydrogen-bond acceptors (Lipinski definition) is 4. The molecule has 31 heavy (non-hydrogen) atoms. The molecule has 9 heteroatoms. The van der Waals surface area contributed by atoms with Crippen LogP contribution in [0.1, 0.15) is 58.1 Å². The van der Waals surface area contributed by atoms with Crippen LogP contribution < -0.4 is 4.74 Å². The van der Waals surface area contributed by atoms with Crippen LogP contribution in [0.2, 0.25) is 0 Å². The van der Waals surface area contributed by atoms with Gasteiger partial charge in [0.25, 0.3) is 5.91 Å². The number of amides is 3. The monoisotopic (exact) mass is 444 g/mol. The first-order valence-electron chi connectivity index (χ1n) is 10.4. The first kappa shape index (κ1) is 25.0. The molecule has 1 fully saturated rings. The topological polar surface area (TPSA) is 70.1 Å². The maximum atomic E-state index is 13.1. The number of rotatable bonds is 9. The second kappa shape index (κ2) is 9.06. The molecule has 174 valence electrons. The van der Waals surface area contributed by atoms with E-state index in [0.29, 0.717) is 43.6 Å². The number of likely N-dealkylation sites (N-methyl/N-ethyl adjacent to an activating group) is 1. The van der Waals surface area contributed by atoms with E-state index in [2.05, 4.69) is 0 Å². The Morgan fingerprint density at radius 2 is 1.81 bits per heavy atom. The van der Waals surface area contributed by atoms with Gasteiger partial charge in [-0.3, -0.25) is 9.69 Å². The molecule has 3 amide bonds. The summed E-state index contributed by atoms with van der Waals surface area (Å²) in [6.07, 6.45) is -2.46. The van der Waals surface area contributed by atoms with Crippen molar-refractivity contribution in [2.24, 2.45) is 0 Å². The summed E-state index contributed by atoms with van der Waals surface area (Å²) >= 11 is 0. The van der Waals surface area contributed by atoms with Gasteiger partial charge in [0.1, 0.15) is 11.3 Å². The molecule has 0 aromatic heterocycles. The van der Waals surface area contributed by atoms with Crippen LogP contribution >= 0.6 is 0 Å². The average Bonchev–Trinajstić information content (AvgIpc) is 2.82. The van der Waals surface area contributed by atoms with Crippen LogP contribution in [0, 0.1) is 0 Å². The number of unbranched alkanes of at least 4 members (excludes halogenated alkanes) is 1. The zero-order valence-electron chi connectivity index (χ0n) is 18.7. The fourth-order valence-electron chi connectivity index (χ4n) is 3.38. The van der Waals surface area contributed by atoms with Gasteiger partial charge in [-0.05, 0) is 63.3 Å². The van der Waals surface area contributed by atoms with E-state index >= 15 is 0 Å². The van der Waals surface area contributed by atoms with Gasteiger partial charge in [0.05, 0.1) is 6.61 Å². The lowest BCUT2D eigenvalue weighted by Gasteiger charge is -2.27. The van der Waals surface area contributed by atoms with E-state index in [4.69, 9.17) is 4.74 Å². The lowest BCUT2D eigenvalue weighted by molar-refractivity contribution is -0.258. The summed E-state index contributed by atoms with van der Waals surface area (Å²) in [6.45, 7) is 6.61. The second-order valence-corrected chi connectivity index (χ2v) is 8.56. The highest BCUT2D eigenvalue weighted by Gasteiger charge is 2.51. The zero-order valence-corrected chi connectivity index (χ0v) is 18.7. The molecule has 1 aliphatic rings. The Morgan fingerprint density at radius 3 is 2.32 bits per heavy atom. The van der Waals surface area contributed by atoms with E-state index in [1.807, 2.05) is 6.92 Å². The van der Waals surface area contributed by atoms with Crippen LogP contribution in [0.25, 0.3) is 0 Å². The Morgan fingerprint density at radius 1 is 1.16 bits per heavy atom. The molecule has 1 heterocycles. The first-order chi connectivity index (χ1) is 14.2. The predicted molar refractivity (Wildman–Crippen MR) is 110 cm³/mol. The number of aryl methyl sites for hydroxylation is 1. The average molecular weight is 444 g/mol. The third-order valence-corrected chi connectivity index (χ3v) is 5.85. The van der Waals surface area contributed by atoms with Gasteiger partial charge in [0.15, 0.2) is 5.60 Å². The highest BCUT2D eigenvalue weighted by molar-refractivity contribution is 6.06. The van der Waals surface area contributed by atoms with E-state index in [1.165, 1.54) is 28.0 Å². The molecule has 1 aromatic rings. The molecular weight excluding hydrogens is 413 g/mol. The molecule has 0 aliphatic carbocycles. The molecule has 0 saturated carbocycles. The van der Waals surface area contributed by atoms with Gasteiger partial charge in [-0.25, -0.2) is 4.79 Å². The smallest absolute Gasteiger partial charge is 0.421 e. The second-order valence-electron chi connectivity index (χ2n) is 8.56. The number of nitrogens with zero attached hydrogens (tertiary/aromatic N) is 2. The molecule has 0 bridgehead atoms. The number of carbonyl (C=O) groups excluding carboxylic acids is 2. The van der Waals surface area contributed by atoms with Gasteiger partial charge < -0.3 is 14.7 Å². The molecule has 1 aliphatic heterocycles. The first-order valence-corrected chi connectivity index (χ1v) is 10.4. The molecule has 1 N–H and O–H groups in total. The van der Waals surface area contributed by atoms with E-state index in [1.54, 1.807) is 20.9 Å². The Bertz CT molecular complexity index is 821. The number of alkyl halides is 3. The number of halogens is 3. The number of carbonyl (C=O) groups is 2. The molecule has 1 aromatic carbocycles. The number of imide groups is 1. The summed E-state index contributed by atoms with van der Waals surface area (Å²) < 4.78 is 45.2. The number of benzene rings is 1. The van der Waals surface area contributed by atoms with Crippen molar-refractivity contribution in [3.63, 3.8) is 0 Å². The van der Waals surface area contributed by atoms with Crippen LogP contribution in [0.3, 0.4) is 0 Å². The van der Waals surface area contributed by atoms with Crippen molar-refractivity contribution >= 4 is 11.9 Å². The highest BCUT2D eigenvalue weighted by atomic mass is 19.4. The lowest BCUT2D eigenvalue weighted by atomic mass is 9.92. The number of ether oxygens (including phenoxy) is 1. The Labute approximate surface area is 181 Å². The summed E-state index contributed by atoms with van der Waals surface area (Å²) in [7, 11) is 1.60. The van der Waals surface area contributed by atoms with Gasteiger partial charge >= 0.3 is 12.2 Å². The van der Waals surface area contributed by atoms with Crippen LogP contribution in [-0.2, 0) is 16.8 Å². The molecule has 0 spiro atoms. The Kier molecular flexibility index (Phi) is 7.30. The van der Waals surface area contributed by atoms with Crippen molar-refractivity contribution in [3.05, 3.63) is 29.3 Å². The van der Waals surface area contributed by atoms with E-state index in [0.717, 1.165) is 6.92 Å². The van der Waals surface area contributed by atoms with Gasteiger partial charge in [0, 0.05) is 13.6 Å². The lowest BCUT2D eigenvalue weighted by Crippen LogP contribution is -2.41. The van der Waals surface area contributed by atoms with Crippen molar-refractivity contribution in [1.29, 1.82) is 0 Å². The zero-order chi connectivity index (χ0) is 23.6. The van der Waals surface area contributed by atoms with Crippen LogP contribution in [-0.4, -0.2) is 58.8 Å². The van der Waals surface area contributed by atoms with Crippen molar-refractivity contribution < 1.29 is 32.6 Å². The maximum absolute atomic E-state index is 13.1. The van der Waals surface area contributed by atoms with E-state index in [-0.39, 0.29) is 24.0 Å². The molecule has 1 unspecified atom stereocenters. The minimum atomic E-state index is -4.79. The minimum Gasteiger partial charge on any atom is -0.493 e. The largest absolute Gasteiger partial charge is 0.493 e.